The smallest absolute Gasteiger partial charge is 0.323 e. The highest BCUT2D eigenvalue weighted by Crippen LogP contribution is 2.28. The Morgan fingerprint density at radius 1 is 1.02 bits per heavy atom. The summed E-state index contributed by atoms with van der Waals surface area (Å²) < 4.78 is 20.6. The Labute approximate surface area is 248 Å². The predicted molar refractivity (Wildman–Crippen MR) is 161 cm³/mol. The van der Waals surface area contributed by atoms with Crippen molar-refractivity contribution < 1.29 is 23.8 Å². The maximum absolute atomic E-state index is 14.8. The van der Waals surface area contributed by atoms with Crippen LogP contribution in [0.5, 0.6) is 11.5 Å². The van der Waals surface area contributed by atoms with Crippen LogP contribution in [-0.2, 0) is 11.2 Å². The molecule has 0 bridgehead atoms. The summed E-state index contributed by atoms with van der Waals surface area (Å²) in [6.07, 6.45) is 3.90. The molecule has 10 nitrogen and oxygen atoms in total. The number of hydrogen-bond acceptors (Lipinski definition) is 7. The highest BCUT2D eigenvalue weighted by molar-refractivity contribution is 7.80. The van der Waals surface area contributed by atoms with Gasteiger partial charge in [-0.1, -0.05) is 30.3 Å². The number of aromatic nitrogens is 1. The van der Waals surface area contributed by atoms with E-state index in [0.29, 0.717) is 37.1 Å². The van der Waals surface area contributed by atoms with Crippen LogP contribution in [0.25, 0.3) is 0 Å². The molecule has 5 rings (SSSR count). The largest absolute Gasteiger partial charge is 0.454 e. The first-order valence-corrected chi connectivity index (χ1v) is 14.3. The maximum atomic E-state index is 14.8. The Morgan fingerprint density at radius 3 is 2.52 bits per heavy atom. The molecule has 2 saturated heterocycles. The second kappa shape index (κ2) is 13.7. The number of nitrogens with zero attached hydrogens (tertiary/aromatic N) is 3. The molecule has 2 aromatic carbocycles. The van der Waals surface area contributed by atoms with Gasteiger partial charge in [0.2, 0.25) is 5.91 Å². The number of pyridine rings is 1. The molecule has 12 heteroatoms. The van der Waals surface area contributed by atoms with E-state index in [-0.39, 0.29) is 41.1 Å². The first-order valence-electron chi connectivity index (χ1n) is 13.9. The minimum atomic E-state index is -0.644. The lowest BCUT2D eigenvalue weighted by Gasteiger charge is -2.36. The number of benzene rings is 2. The van der Waals surface area contributed by atoms with E-state index < -0.39 is 5.82 Å². The SMILES string of the molecule is O=C(Cc1ccccc1)NC(=S)Nc1ccc(Oc2ccnc(NC(=O)N3CCC(N4CC[C@@H](O)C4)CC3)c2)c(F)c1. The molecule has 3 heterocycles. The summed E-state index contributed by atoms with van der Waals surface area (Å²) in [7, 11) is 0. The summed E-state index contributed by atoms with van der Waals surface area (Å²) in [5.74, 6) is -0.370. The number of ether oxygens (including phenoxy) is 1. The van der Waals surface area contributed by atoms with Crippen LogP contribution < -0.4 is 20.7 Å². The second-order valence-electron chi connectivity index (χ2n) is 10.4. The molecular formula is C30H33FN6O4S. The molecule has 4 N–H and O–H groups in total. The number of halogens is 1. The molecule has 0 radical (unpaired) electrons. The zero-order chi connectivity index (χ0) is 29.5. The van der Waals surface area contributed by atoms with Crippen molar-refractivity contribution in [3.8, 4) is 11.5 Å². The lowest BCUT2D eigenvalue weighted by atomic mass is 10.0. The number of nitrogens with one attached hydrogen (secondary N) is 3. The van der Waals surface area contributed by atoms with Crippen molar-refractivity contribution >= 4 is 40.8 Å². The van der Waals surface area contributed by atoms with Crippen molar-refractivity contribution in [2.24, 2.45) is 0 Å². The zero-order valence-corrected chi connectivity index (χ0v) is 23.8. The number of hydrogen-bond donors (Lipinski definition) is 4. The quantitative estimate of drug-likeness (QED) is 0.303. The minimum Gasteiger partial charge on any atom is -0.454 e. The Balaban J connectivity index is 1.10. The maximum Gasteiger partial charge on any atom is 0.323 e. The molecule has 2 aliphatic heterocycles. The number of amides is 3. The van der Waals surface area contributed by atoms with E-state index >= 15 is 0 Å². The van der Waals surface area contributed by atoms with Crippen LogP contribution in [0.15, 0.2) is 66.9 Å². The number of β-amino-alcohol motifs (C(OH)–C–C–N with tert-alkyl or cyclic N) is 1. The van der Waals surface area contributed by atoms with Crippen LogP contribution in [-0.4, -0.2) is 75.3 Å². The van der Waals surface area contributed by atoms with Crippen molar-refractivity contribution in [1.82, 2.24) is 20.1 Å². The van der Waals surface area contributed by atoms with Crippen LogP contribution in [0.3, 0.4) is 0 Å². The van der Waals surface area contributed by atoms with Gasteiger partial charge in [-0.15, -0.1) is 0 Å². The van der Waals surface area contributed by atoms with Gasteiger partial charge in [-0.2, -0.15) is 0 Å². The number of likely N-dealkylation sites (tertiary alicyclic amines) is 2. The molecule has 220 valence electrons. The summed E-state index contributed by atoms with van der Waals surface area (Å²) in [6, 6.07) is 16.7. The third-order valence-corrected chi connectivity index (χ3v) is 7.51. The fourth-order valence-corrected chi connectivity index (χ4v) is 5.40. The van der Waals surface area contributed by atoms with Crippen molar-refractivity contribution in [3.05, 3.63) is 78.2 Å². The lowest BCUT2D eigenvalue weighted by Crippen LogP contribution is -2.47. The van der Waals surface area contributed by atoms with Gasteiger partial charge >= 0.3 is 6.03 Å². The molecule has 0 spiro atoms. The highest BCUT2D eigenvalue weighted by Gasteiger charge is 2.31. The van der Waals surface area contributed by atoms with Crippen LogP contribution in [0, 0.1) is 5.82 Å². The zero-order valence-electron chi connectivity index (χ0n) is 23.0. The van der Waals surface area contributed by atoms with Gasteiger partial charge in [0, 0.05) is 56.2 Å². The Bertz CT molecular complexity index is 1420. The summed E-state index contributed by atoms with van der Waals surface area (Å²) in [4.78, 5) is 33.3. The molecule has 0 aliphatic carbocycles. The van der Waals surface area contributed by atoms with Crippen molar-refractivity contribution in [2.45, 2.75) is 37.8 Å². The average molecular weight is 593 g/mol. The van der Waals surface area contributed by atoms with Crippen LogP contribution >= 0.6 is 12.2 Å². The standard InChI is InChI=1S/C30H33FN6O4S/c31-25-17-21(33-29(42)35-28(39)16-20-4-2-1-3-5-20)6-7-26(25)41-24-8-12-32-27(18-24)34-30(40)36-13-9-22(10-14-36)37-15-11-23(38)19-37/h1-8,12,17-18,22-23,38H,9-11,13-16,19H2,(H,32,34,40)(H2,33,35,39,42)/t23-/m1/s1. The van der Waals surface area contributed by atoms with Gasteiger partial charge in [-0.25, -0.2) is 14.2 Å². The predicted octanol–water partition coefficient (Wildman–Crippen LogP) is 4.13. The fraction of sp³-hybridized carbons (Fsp3) is 0.333. The average Bonchev–Trinajstić information content (AvgIpc) is 3.41. The van der Waals surface area contributed by atoms with Crippen molar-refractivity contribution in [1.29, 1.82) is 0 Å². The highest BCUT2D eigenvalue weighted by atomic mass is 32.1. The summed E-state index contributed by atoms with van der Waals surface area (Å²) in [6.45, 7) is 2.83. The number of urea groups is 1. The number of piperidine rings is 1. The first-order chi connectivity index (χ1) is 20.3. The van der Waals surface area contributed by atoms with Crippen LogP contribution in [0.1, 0.15) is 24.8 Å². The summed E-state index contributed by atoms with van der Waals surface area (Å²) in [5, 5.41) is 18.0. The van der Waals surface area contributed by atoms with Gasteiger partial charge in [0.15, 0.2) is 16.7 Å². The number of carbonyl (C=O) groups excluding carboxylic acids is 2. The number of anilines is 2. The molecular weight excluding hydrogens is 559 g/mol. The van der Waals surface area contributed by atoms with Gasteiger partial charge < -0.3 is 25.4 Å². The molecule has 0 unspecified atom stereocenters. The Kier molecular flexibility index (Phi) is 9.57. The fourth-order valence-electron chi connectivity index (χ4n) is 5.17. The van der Waals surface area contributed by atoms with Crippen LogP contribution in [0.2, 0.25) is 0 Å². The third kappa shape index (κ3) is 7.99. The van der Waals surface area contributed by atoms with E-state index in [1.165, 1.54) is 24.4 Å². The first kappa shape index (κ1) is 29.4. The van der Waals surface area contributed by atoms with E-state index in [0.717, 1.165) is 31.4 Å². The molecule has 0 saturated carbocycles. The number of aliphatic hydroxyl groups is 1. The third-order valence-electron chi connectivity index (χ3n) is 7.31. The number of thiocarbonyl (C=S) groups is 1. The van der Waals surface area contributed by atoms with Gasteiger partial charge in [0.25, 0.3) is 0 Å². The molecule has 3 amide bonds. The monoisotopic (exact) mass is 592 g/mol. The van der Waals surface area contributed by atoms with E-state index in [1.807, 2.05) is 30.3 Å². The van der Waals surface area contributed by atoms with Crippen molar-refractivity contribution in [2.75, 3.05) is 36.8 Å². The van der Waals surface area contributed by atoms with E-state index in [9.17, 15) is 19.1 Å². The normalized spacial score (nSPS) is 17.5. The molecule has 2 fully saturated rings. The molecule has 42 heavy (non-hydrogen) atoms. The van der Waals surface area contributed by atoms with Gasteiger partial charge in [-0.3, -0.25) is 15.0 Å². The molecule has 3 aromatic rings. The van der Waals surface area contributed by atoms with Gasteiger partial charge in [0.05, 0.1) is 12.5 Å². The Hall–Kier alpha value is -4.13. The van der Waals surface area contributed by atoms with Gasteiger partial charge in [-0.05, 0) is 55.2 Å². The molecule has 1 atom stereocenters. The number of rotatable bonds is 7. The van der Waals surface area contributed by atoms with E-state index in [1.54, 1.807) is 17.0 Å². The van der Waals surface area contributed by atoms with E-state index in [4.69, 9.17) is 17.0 Å². The van der Waals surface area contributed by atoms with Gasteiger partial charge in [0.1, 0.15) is 11.6 Å². The molecule has 2 aliphatic rings. The summed E-state index contributed by atoms with van der Waals surface area (Å²) >= 11 is 5.19. The number of carbonyl (C=O) groups is 2. The molecule has 1 aromatic heterocycles. The minimum absolute atomic E-state index is 0.0304. The van der Waals surface area contributed by atoms with Crippen LogP contribution in [0.4, 0.5) is 20.7 Å². The van der Waals surface area contributed by atoms with Crippen molar-refractivity contribution in [3.63, 3.8) is 0 Å². The van der Waals surface area contributed by atoms with E-state index in [2.05, 4.69) is 25.8 Å². The second-order valence-corrected chi connectivity index (χ2v) is 10.8. The lowest BCUT2D eigenvalue weighted by molar-refractivity contribution is -0.119. The topological polar surface area (TPSA) is 119 Å². The Morgan fingerprint density at radius 2 is 1.81 bits per heavy atom. The summed E-state index contributed by atoms with van der Waals surface area (Å²) in [5.41, 5.74) is 1.20. The number of aliphatic hydroxyl groups excluding tert-OH is 1.